The monoisotopic (exact) mass is 415 g/mol. The first kappa shape index (κ1) is 21.2. The number of hydrogen-bond donors (Lipinski definition) is 1. The van der Waals surface area contributed by atoms with Gasteiger partial charge in [0.15, 0.2) is 0 Å². The maximum atomic E-state index is 13.1. The summed E-state index contributed by atoms with van der Waals surface area (Å²) in [6.07, 6.45) is -0.776. The molecular weight excluding hydrogens is 390 g/mol. The van der Waals surface area contributed by atoms with Crippen molar-refractivity contribution in [1.82, 2.24) is 0 Å². The van der Waals surface area contributed by atoms with E-state index >= 15 is 0 Å². The maximum absolute atomic E-state index is 13.1. The zero-order valence-corrected chi connectivity index (χ0v) is 17.8. The summed E-state index contributed by atoms with van der Waals surface area (Å²) in [5.41, 5.74) is 1.45. The smallest absolute Gasteiger partial charge is 0.411 e. The number of halogens is 1. The molecule has 0 bridgehead atoms. The summed E-state index contributed by atoms with van der Waals surface area (Å²) in [5.74, 6) is -0.265. The summed E-state index contributed by atoms with van der Waals surface area (Å²) in [4.78, 5) is 24.9. The second kappa shape index (κ2) is 8.46. The molecule has 3 rings (SSSR count). The Balaban J connectivity index is 1.96. The Bertz CT molecular complexity index is 899. The Morgan fingerprint density at radius 2 is 1.86 bits per heavy atom. The molecule has 0 heterocycles. The first-order valence-corrected chi connectivity index (χ1v) is 10.2. The lowest BCUT2D eigenvalue weighted by atomic mass is 9.89. The molecule has 6 heteroatoms. The summed E-state index contributed by atoms with van der Waals surface area (Å²) in [5, 5.41) is 3.07. The van der Waals surface area contributed by atoms with E-state index in [2.05, 4.69) is 5.32 Å². The fourth-order valence-corrected chi connectivity index (χ4v) is 4.49. The summed E-state index contributed by atoms with van der Waals surface area (Å²) < 4.78 is 10.6. The number of anilines is 1. The summed E-state index contributed by atoms with van der Waals surface area (Å²) in [7, 11) is 0. The number of rotatable bonds is 6. The van der Waals surface area contributed by atoms with Crippen LogP contribution in [0, 0.1) is 5.92 Å². The molecule has 2 aromatic rings. The highest BCUT2D eigenvalue weighted by Crippen LogP contribution is 2.67. The van der Waals surface area contributed by atoms with Crippen molar-refractivity contribution in [3.8, 4) is 0 Å². The Morgan fingerprint density at radius 3 is 2.45 bits per heavy atom. The van der Waals surface area contributed by atoms with Crippen LogP contribution < -0.4 is 5.32 Å². The average Bonchev–Trinajstić information content (AvgIpc) is 3.28. The molecule has 1 amide bonds. The van der Waals surface area contributed by atoms with E-state index in [1.807, 2.05) is 37.3 Å². The lowest BCUT2D eigenvalue weighted by Crippen LogP contribution is -2.27. The van der Waals surface area contributed by atoms with Crippen LogP contribution in [0.25, 0.3) is 0 Å². The average molecular weight is 416 g/mol. The van der Waals surface area contributed by atoms with Crippen molar-refractivity contribution < 1.29 is 19.1 Å². The number of carbonyl (C=O) groups is 2. The van der Waals surface area contributed by atoms with Crippen LogP contribution in [0.1, 0.15) is 44.7 Å². The second-order valence-electron chi connectivity index (χ2n) is 7.54. The van der Waals surface area contributed by atoms with Gasteiger partial charge < -0.3 is 9.47 Å². The molecule has 1 N–H and O–H groups in total. The number of esters is 1. The van der Waals surface area contributed by atoms with Gasteiger partial charge in [-0.1, -0.05) is 54.9 Å². The third-order valence-electron chi connectivity index (χ3n) is 5.38. The minimum Gasteiger partial charge on any atom is -0.465 e. The summed E-state index contributed by atoms with van der Waals surface area (Å²) in [6.45, 7) is 7.68. The van der Waals surface area contributed by atoms with Crippen molar-refractivity contribution in [2.45, 2.75) is 45.1 Å². The van der Waals surface area contributed by atoms with Crippen molar-refractivity contribution in [2.75, 3.05) is 11.9 Å². The predicted molar refractivity (Wildman–Crippen MR) is 113 cm³/mol. The Kier molecular flexibility index (Phi) is 6.18. The molecule has 0 aromatic heterocycles. The molecule has 29 heavy (non-hydrogen) atoms. The van der Waals surface area contributed by atoms with Crippen molar-refractivity contribution in [3.05, 3.63) is 64.7 Å². The van der Waals surface area contributed by atoms with Crippen molar-refractivity contribution >= 4 is 29.4 Å². The first-order chi connectivity index (χ1) is 13.8. The predicted octanol–water partition coefficient (Wildman–Crippen LogP) is 5.53. The van der Waals surface area contributed by atoms with Crippen LogP contribution >= 0.6 is 11.6 Å². The van der Waals surface area contributed by atoms with Gasteiger partial charge in [-0.3, -0.25) is 10.1 Å². The molecule has 154 valence electrons. The van der Waals surface area contributed by atoms with Crippen LogP contribution in [0.5, 0.6) is 0 Å². The molecule has 2 unspecified atom stereocenters. The minimum atomic E-state index is -0.842. The maximum Gasteiger partial charge on any atom is 0.411 e. The Hall–Kier alpha value is -2.53. The molecular formula is C23H26ClNO4. The minimum absolute atomic E-state index is 0.0232. The van der Waals surface area contributed by atoms with E-state index in [0.717, 1.165) is 5.56 Å². The van der Waals surface area contributed by atoms with Gasteiger partial charge in [0.25, 0.3) is 0 Å². The number of ether oxygens (including phenoxy) is 2. The lowest BCUT2D eigenvalue weighted by Gasteiger charge is -2.20. The molecule has 2 aromatic carbocycles. The van der Waals surface area contributed by atoms with Crippen molar-refractivity contribution in [3.63, 3.8) is 0 Å². The van der Waals surface area contributed by atoms with Crippen LogP contribution in [0.2, 0.25) is 5.02 Å². The van der Waals surface area contributed by atoms with Gasteiger partial charge in [-0.2, -0.15) is 0 Å². The molecule has 1 aliphatic rings. The van der Waals surface area contributed by atoms with E-state index in [1.165, 1.54) is 0 Å². The topological polar surface area (TPSA) is 64.6 Å². The zero-order valence-electron chi connectivity index (χ0n) is 17.1. The van der Waals surface area contributed by atoms with Crippen LogP contribution in [-0.4, -0.2) is 24.8 Å². The van der Waals surface area contributed by atoms with Gasteiger partial charge in [-0.25, -0.2) is 4.79 Å². The molecule has 0 spiro atoms. The third kappa shape index (κ3) is 3.97. The molecule has 3 atom stereocenters. The van der Waals surface area contributed by atoms with Gasteiger partial charge in [-0.15, -0.1) is 0 Å². The molecule has 1 saturated carbocycles. The zero-order chi connectivity index (χ0) is 21.2. The van der Waals surface area contributed by atoms with Crippen LogP contribution in [-0.2, 0) is 19.7 Å². The number of carbonyl (C=O) groups excluding carboxylic acids is 2. The largest absolute Gasteiger partial charge is 0.465 e. The number of benzene rings is 2. The van der Waals surface area contributed by atoms with Gasteiger partial charge in [0.2, 0.25) is 0 Å². The van der Waals surface area contributed by atoms with Gasteiger partial charge >= 0.3 is 12.1 Å². The molecule has 5 nitrogen and oxygen atoms in total. The molecule has 0 radical (unpaired) electrons. The molecule has 0 aliphatic heterocycles. The van der Waals surface area contributed by atoms with Gasteiger partial charge in [0, 0.05) is 16.6 Å². The van der Waals surface area contributed by atoms with Crippen LogP contribution in [0.3, 0.4) is 0 Å². The van der Waals surface area contributed by atoms with Crippen LogP contribution in [0.4, 0.5) is 10.5 Å². The highest BCUT2D eigenvalue weighted by molar-refractivity contribution is 6.32. The third-order valence-corrected chi connectivity index (χ3v) is 5.69. The fraction of sp³-hybridized carbons (Fsp3) is 0.391. The van der Waals surface area contributed by atoms with E-state index in [9.17, 15) is 9.59 Å². The van der Waals surface area contributed by atoms with Crippen molar-refractivity contribution in [1.29, 1.82) is 0 Å². The summed E-state index contributed by atoms with van der Waals surface area (Å²) >= 11 is 6.61. The number of amides is 1. The Morgan fingerprint density at radius 1 is 1.17 bits per heavy atom. The lowest BCUT2D eigenvalue weighted by molar-refractivity contribution is -0.146. The Labute approximate surface area is 176 Å². The van der Waals surface area contributed by atoms with Gasteiger partial charge in [-0.05, 0) is 49.9 Å². The summed E-state index contributed by atoms with van der Waals surface area (Å²) in [6, 6.07) is 15.1. The van der Waals surface area contributed by atoms with Gasteiger partial charge in [0.05, 0.1) is 12.7 Å². The second-order valence-corrected chi connectivity index (χ2v) is 7.95. The fourth-order valence-electron chi connectivity index (χ4n) is 4.15. The van der Waals surface area contributed by atoms with E-state index in [1.54, 1.807) is 39.0 Å². The van der Waals surface area contributed by atoms with Crippen LogP contribution in [0.15, 0.2) is 48.5 Å². The standard InChI is InChI=1S/C23H26ClNO4/c1-5-28-21(26)23(15(4)20(23)16-9-7-6-8-10-16)18-12-11-17(13-19(18)24)25-22(27)29-14(2)3/h6-15,20H,5H2,1-4H3,(H,25,27)/t15?,20?,23-/m1/s1. The van der Waals surface area contributed by atoms with E-state index in [4.69, 9.17) is 21.1 Å². The highest BCUT2D eigenvalue weighted by atomic mass is 35.5. The number of nitrogens with one attached hydrogen (secondary N) is 1. The normalized spacial score (nSPS) is 22.8. The molecule has 1 fully saturated rings. The van der Waals surface area contributed by atoms with E-state index < -0.39 is 11.5 Å². The number of hydrogen-bond acceptors (Lipinski definition) is 4. The van der Waals surface area contributed by atoms with E-state index in [-0.39, 0.29) is 23.9 Å². The van der Waals surface area contributed by atoms with E-state index in [0.29, 0.717) is 22.9 Å². The molecule has 0 saturated heterocycles. The molecule has 1 aliphatic carbocycles. The SMILES string of the molecule is CCOC(=O)[C@@]1(c2ccc(NC(=O)OC(C)C)cc2Cl)C(C)C1c1ccccc1. The highest BCUT2D eigenvalue weighted by Gasteiger charge is 2.70. The van der Waals surface area contributed by atoms with Crippen molar-refractivity contribution in [2.24, 2.45) is 5.92 Å². The first-order valence-electron chi connectivity index (χ1n) is 9.82. The quantitative estimate of drug-likeness (QED) is 0.630. The van der Waals surface area contributed by atoms with Gasteiger partial charge in [0.1, 0.15) is 5.41 Å².